The Bertz CT molecular complexity index is 431. The maximum atomic E-state index is 12.2. The summed E-state index contributed by atoms with van der Waals surface area (Å²) in [5.74, 6) is 0.178. The number of rotatable bonds is 3. The summed E-state index contributed by atoms with van der Waals surface area (Å²) in [7, 11) is 0. The van der Waals surface area contributed by atoms with Crippen molar-refractivity contribution in [3.05, 3.63) is 30.1 Å². The fourth-order valence-corrected chi connectivity index (χ4v) is 2.52. The van der Waals surface area contributed by atoms with Gasteiger partial charge in [0.15, 0.2) is 0 Å². The van der Waals surface area contributed by atoms with Gasteiger partial charge in [-0.1, -0.05) is 13.8 Å². The topological polar surface area (TPSA) is 53.4 Å². The Labute approximate surface area is 114 Å². The lowest BCUT2D eigenvalue weighted by Gasteiger charge is -2.41. The van der Waals surface area contributed by atoms with Crippen molar-refractivity contribution in [1.82, 2.24) is 9.88 Å². The number of carbonyl (C=O) groups excluding carboxylic acids is 1. The number of hydrogen-bond donors (Lipinski definition) is 1. The van der Waals surface area contributed by atoms with Gasteiger partial charge in [-0.05, 0) is 30.5 Å². The van der Waals surface area contributed by atoms with Gasteiger partial charge in [0.2, 0.25) is 5.91 Å². The van der Waals surface area contributed by atoms with E-state index < -0.39 is 0 Å². The molecule has 1 N–H and O–H groups in total. The maximum Gasteiger partial charge on any atom is 0.222 e. The number of aryl methyl sites for hydroxylation is 1. The lowest BCUT2D eigenvalue weighted by atomic mass is 9.81. The highest BCUT2D eigenvalue weighted by atomic mass is 16.3. The molecule has 0 spiro atoms. The van der Waals surface area contributed by atoms with Crippen LogP contribution in [-0.4, -0.2) is 40.1 Å². The summed E-state index contributed by atoms with van der Waals surface area (Å²) >= 11 is 0. The molecular weight excluding hydrogens is 240 g/mol. The number of likely N-dealkylation sites (tertiary alicyclic amines) is 1. The number of nitrogens with zero attached hydrogens (tertiary/aromatic N) is 2. The second-order valence-corrected chi connectivity index (χ2v) is 5.96. The molecule has 1 saturated heterocycles. The van der Waals surface area contributed by atoms with E-state index in [9.17, 15) is 9.90 Å². The molecule has 104 valence electrons. The zero-order valence-electron chi connectivity index (χ0n) is 11.7. The first kappa shape index (κ1) is 14.0. The third-order valence-electron chi connectivity index (χ3n) is 3.90. The summed E-state index contributed by atoms with van der Waals surface area (Å²) < 4.78 is 0. The van der Waals surface area contributed by atoms with Crippen molar-refractivity contribution >= 4 is 5.91 Å². The van der Waals surface area contributed by atoms with Crippen LogP contribution < -0.4 is 0 Å². The largest absolute Gasteiger partial charge is 0.392 e. The molecule has 1 fully saturated rings. The third-order valence-corrected chi connectivity index (χ3v) is 3.90. The van der Waals surface area contributed by atoms with Crippen molar-refractivity contribution in [2.45, 2.75) is 39.2 Å². The van der Waals surface area contributed by atoms with E-state index in [4.69, 9.17) is 0 Å². The SMILES string of the molecule is CC1(C)CN(C(=O)CCc2ccncc2)CCC1O. The fraction of sp³-hybridized carbons (Fsp3) is 0.600. The summed E-state index contributed by atoms with van der Waals surface area (Å²) in [6.07, 6.45) is 5.14. The molecular formula is C15H22N2O2. The van der Waals surface area contributed by atoms with E-state index >= 15 is 0 Å². The number of amides is 1. The summed E-state index contributed by atoms with van der Waals surface area (Å²) in [6, 6.07) is 3.88. The summed E-state index contributed by atoms with van der Waals surface area (Å²) in [5.41, 5.74) is 0.935. The van der Waals surface area contributed by atoms with E-state index in [0.717, 1.165) is 12.0 Å². The van der Waals surface area contributed by atoms with Crippen LogP contribution in [-0.2, 0) is 11.2 Å². The van der Waals surface area contributed by atoms with Crippen molar-refractivity contribution in [2.75, 3.05) is 13.1 Å². The summed E-state index contributed by atoms with van der Waals surface area (Å²) in [4.78, 5) is 18.0. The molecule has 1 atom stereocenters. The average Bonchev–Trinajstić information content (AvgIpc) is 2.40. The van der Waals surface area contributed by atoms with Gasteiger partial charge < -0.3 is 10.0 Å². The molecule has 1 aromatic rings. The van der Waals surface area contributed by atoms with Crippen LogP contribution in [0.2, 0.25) is 0 Å². The average molecular weight is 262 g/mol. The molecule has 1 aromatic heterocycles. The standard InChI is InChI=1S/C15H22N2O2/c1-15(2)11-17(10-7-13(15)18)14(19)4-3-12-5-8-16-9-6-12/h5-6,8-9,13,18H,3-4,7,10-11H2,1-2H3. The maximum absolute atomic E-state index is 12.2. The minimum absolute atomic E-state index is 0.178. The van der Waals surface area contributed by atoms with Crippen LogP contribution in [0, 0.1) is 5.41 Å². The van der Waals surface area contributed by atoms with Gasteiger partial charge in [-0.3, -0.25) is 9.78 Å². The predicted molar refractivity (Wildman–Crippen MR) is 73.5 cm³/mol. The second-order valence-electron chi connectivity index (χ2n) is 5.96. The van der Waals surface area contributed by atoms with Gasteiger partial charge in [0.25, 0.3) is 0 Å². The van der Waals surface area contributed by atoms with Gasteiger partial charge >= 0.3 is 0 Å². The Morgan fingerprint density at radius 1 is 1.47 bits per heavy atom. The van der Waals surface area contributed by atoms with E-state index in [1.807, 2.05) is 30.9 Å². The molecule has 19 heavy (non-hydrogen) atoms. The zero-order valence-corrected chi connectivity index (χ0v) is 11.7. The Kier molecular flexibility index (Phi) is 4.20. The monoisotopic (exact) mass is 262 g/mol. The summed E-state index contributed by atoms with van der Waals surface area (Å²) in [5, 5.41) is 9.90. The van der Waals surface area contributed by atoms with Gasteiger partial charge in [-0.2, -0.15) is 0 Å². The van der Waals surface area contributed by atoms with E-state index in [1.165, 1.54) is 0 Å². The number of aliphatic hydroxyl groups is 1. The van der Waals surface area contributed by atoms with E-state index in [1.54, 1.807) is 12.4 Å². The normalized spacial score (nSPS) is 22.3. The lowest BCUT2D eigenvalue weighted by molar-refractivity contribution is -0.137. The first-order chi connectivity index (χ1) is 8.99. The number of carbonyl (C=O) groups is 1. The van der Waals surface area contributed by atoms with Gasteiger partial charge in [-0.15, -0.1) is 0 Å². The lowest BCUT2D eigenvalue weighted by Crippen LogP contribution is -2.50. The molecule has 0 aromatic carbocycles. The number of aromatic nitrogens is 1. The summed E-state index contributed by atoms with van der Waals surface area (Å²) in [6.45, 7) is 5.34. The van der Waals surface area contributed by atoms with Crippen molar-refractivity contribution in [2.24, 2.45) is 5.41 Å². The highest BCUT2D eigenvalue weighted by Gasteiger charge is 2.36. The first-order valence-corrected chi connectivity index (χ1v) is 6.84. The van der Waals surface area contributed by atoms with Crippen molar-refractivity contribution in [3.63, 3.8) is 0 Å². The van der Waals surface area contributed by atoms with Crippen LogP contribution in [0.1, 0.15) is 32.3 Å². The number of pyridine rings is 1. The molecule has 1 aliphatic rings. The predicted octanol–water partition coefficient (Wildman–Crippen LogP) is 1.63. The van der Waals surface area contributed by atoms with Gasteiger partial charge in [0.05, 0.1) is 6.10 Å². The molecule has 0 aliphatic carbocycles. The third kappa shape index (κ3) is 3.53. The van der Waals surface area contributed by atoms with Crippen molar-refractivity contribution < 1.29 is 9.90 Å². The molecule has 4 heteroatoms. The Morgan fingerprint density at radius 3 is 2.79 bits per heavy atom. The van der Waals surface area contributed by atoms with E-state index in [0.29, 0.717) is 25.9 Å². The Hall–Kier alpha value is -1.42. The van der Waals surface area contributed by atoms with Crippen LogP contribution in [0.4, 0.5) is 0 Å². The van der Waals surface area contributed by atoms with Crippen LogP contribution in [0.15, 0.2) is 24.5 Å². The molecule has 1 amide bonds. The first-order valence-electron chi connectivity index (χ1n) is 6.84. The van der Waals surface area contributed by atoms with Crippen LogP contribution >= 0.6 is 0 Å². The number of aliphatic hydroxyl groups excluding tert-OH is 1. The molecule has 2 heterocycles. The quantitative estimate of drug-likeness (QED) is 0.901. The van der Waals surface area contributed by atoms with E-state index in [2.05, 4.69) is 4.98 Å². The van der Waals surface area contributed by atoms with Crippen LogP contribution in [0.25, 0.3) is 0 Å². The minimum atomic E-state index is -0.309. The number of hydrogen-bond acceptors (Lipinski definition) is 3. The smallest absolute Gasteiger partial charge is 0.222 e. The molecule has 4 nitrogen and oxygen atoms in total. The molecule has 2 rings (SSSR count). The fourth-order valence-electron chi connectivity index (χ4n) is 2.52. The Balaban J connectivity index is 1.87. The zero-order chi connectivity index (χ0) is 13.9. The number of piperidine rings is 1. The molecule has 1 unspecified atom stereocenters. The molecule has 0 radical (unpaired) electrons. The van der Waals surface area contributed by atoms with Gasteiger partial charge in [0, 0.05) is 37.3 Å². The molecule has 0 saturated carbocycles. The van der Waals surface area contributed by atoms with Crippen LogP contribution in [0.3, 0.4) is 0 Å². The Morgan fingerprint density at radius 2 is 2.16 bits per heavy atom. The van der Waals surface area contributed by atoms with E-state index in [-0.39, 0.29) is 17.4 Å². The van der Waals surface area contributed by atoms with Gasteiger partial charge in [-0.25, -0.2) is 0 Å². The molecule has 0 bridgehead atoms. The molecule has 1 aliphatic heterocycles. The minimum Gasteiger partial charge on any atom is -0.392 e. The van der Waals surface area contributed by atoms with Crippen molar-refractivity contribution in [1.29, 1.82) is 0 Å². The van der Waals surface area contributed by atoms with Crippen molar-refractivity contribution in [3.8, 4) is 0 Å². The second kappa shape index (κ2) is 5.70. The van der Waals surface area contributed by atoms with Crippen LogP contribution in [0.5, 0.6) is 0 Å². The highest BCUT2D eigenvalue weighted by molar-refractivity contribution is 5.76. The van der Waals surface area contributed by atoms with Gasteiger partial charge in [0.1, 0.15) is 0 Å². The highest BCUT2D eigenvalue weighted by Crippen LogP contribution is 2.29.